The Hall–Kier alpha value is -0.580. The molecule has 3 nitrogen and oxygen atoms in total. The number of benzene rings is 1. The molecule has 0 fully saturated rings. The van der Waals surface area contributed by atoms with Crippen molar-refractivity contribution in [1.29, 1.82) is 0 Å². The minimum absolute atomic E-state index is 0.219. The van der Waals surface area contributed by atoms with Gasteiger partial charge in [-0.05, 0) is 51.0 Å². The highest BCUT2D eigenvalue weighted by molar-refractivity contribution is 7.89. The van der Waals surface area contributed by atoms with Crippen molar-refractivity contribution in [3.8, 4) is 0 Å². The highest BCUT2D eigenvalue weighted by Gasteiger charge is 2.25. The fraction of sp³-hybridized carbons (Fsp3) is 0.500. The Morgan fingerprint density at radius 3 is 2.29 bits per heavy atom. The van der Waals surface area contributed by atoms with Crippen LogP contribution in [0.2, 0.25) is 0 Å². The maximum atomic E-state index is 12.1. The fourth-order valence-electron chi connectivity index (χ4n) is 1.33. The zero-order chi connectivity index (χ0) is 13.3. The van der Waals surface area contributed by atoms with Crippen molar-refractivity contribution in [1.82, 2.24) is 4.72 Å². The molecule has 0 unspecified atom stereocenters. The van der Waals surface area contributed by atoms with Gasteiger partial charge in [-0.3, -0.25) is 0 Å². The summed E-state index contributed by atoms with van der Waals surface area (Å²) in [7, 11) is -3.50. The van der Waals surface area contributed by atoms with Gasteiger partial charge in [0.15, 0.2) is 0 Å². The van der Waals surface area contributed by atoms with Crippen LogP contribution in [0.25, 0.3) is 0 Å². The lowest BCUT2D eigenvalue weighted by molar-refractivity contribution is 0.496. The molecule has 0 radical (unpaired) electrons. The number of rotatable bonds is 4. The second kappa shape index (κ2) is 4.96. The van der Waals surface area contributed by atoms with Gasteiger partial charge in [-0.1, -0.05) is 6.07 Å². The standard InChI is InChI=1S/C12H18ClNO2S/c1-9-5-6-11(7-10(9)2)17(15,16)14-12(3,4)8-13/h5-7,14H,8H2,1-4H3. The van der Waals surface area contributed by atoms with Crippen molar-refractivity contribution >= 4 is 21.6 Å². The summed E-state index contributed by atoms with van der Waals surface area (Å²) in [6.07, 6.45) is 0. The molecule has 5 heteroatoms. The van der Waals surface area contributed by atoms with Gasteiger partial charge in [0.1, 0.15) is 0 Å². The number of sulfonamides is 1. The van der Waals surface area contributed by atoms with Crippen molar-refractivity contribution in [2.45, 2.75) is 38.1 Å². The van der Waals surface area contributed by atoms with E-state index in [1.54, 1.807) is 32.0 Å². The van der Waals surface area contributed by atoms with Gasteiger partial charge in [-0.25, -0.2) is 13.1 Å². The van der Waals surface area contributed by atoms with Gasteiger partial charge in [0, 0.05) is 11.4 Å². The topological polar surface area (TPSA) is 46.2 Å². The molecule has 0 heterocycles. The van der Waals surface area contributed by atoms with E-state index in [0.29, 0.717) is 0 Å². The Kier molecular flexibility index (Phi) is 4.23. The zero-order valence-electron chi connectivity index (χ0n) is 10.5. The minimum Gasteiger partial charge on any atom is -0.207 e. The van der Waals surface area contributed by atoms with Crippen LogP contribution < -0.4 is 4.72 Å². The van der Waals surface area contributed by atoms with Crippen LogP contribution in [0, 0.1) is 13.8 Å². The van der Waals surface area contributed by atoms with Crippen molar-refractivity contribution in [3.05, 3.63) is 29.3 Å². The van der Waals surface area contributed by atoms with Gasteiger partial charge >= 0.3 is 0 Å². The van der Waals surface area contributed by atoms with Gasteiger partial charge in [0.2, 0.25) is 10.0 Å². The number of hydrogen-bond donors (Lipinski definition) is 1. The summed E-state index contributed by atoms with van der Waals surface area (Å²) in [5, 5.41) is 0. The molecule has 96 valence electrons. The summed E-state index contributed by atoms with van der Waals surface area (Å²) < 4.78 is 26.8. The molecule has 0 aliphatic heterocycles. The number of halogens is 1. The lowest BCUT2D eigenvalue weighted by atomic mass is 10.1. The molecule has 0 bridgehead atoms. The van der Waals surface area contributed by atoms with E-state index >= 15 is 0 Å². The van der Waals surface area contributed by atoms with E-state index < -0.39 is 15.6 Å². The maximum absolute atomic E-state index is 12.1. The molecule has 0 aliphatic carbocycles. The lowest BCUT2D eigenvalue weighted by Crippen LogP contribution is -2.44. The number of hydrogen-bond acceptors (Lipinski definition) is 2. The van der Waals surface area contributed by atoms with Gasteiger partial charge in [0.25, 0.3) is 0 Å². The summed E-state index contributed by atoms with van der Waals surface area (Å²) in [4.78, 5) is 0.277. The first-order valence-electron chi connectivity index (χ1n) is 5.35. The van der Waals surface area contributed by atoms with E-state index in [1.165, 1.54) is 0 Å². The van der Waals surface area contributed by atoms with Crippen LogP contribution in [-0.4, -0.2) is 19.8 Å². The first kappa shape index (κ1) is 14.5. The molecule has 0 aromatic heterocycles. The van der Waals surface area contributed by atoms with Gasteiger partial charge in [-0.2, -0.15) is 0 Å². The molecule has 0 atom stereocenters. The Morgan fingerprint density at radius 2 is 1.82 bits per heavy atom. The highest BCUT2D eigenvalue weighted by Crippen LogP contribution is 2.17. The van der Waals surface area contributed by atoms with E-state index in [-0.39, 0.29) is 10.8 Å². The van der Waals surface area contributed by atoms with Crippen molar-refractivity contribution < 1.29 is 8.42 Å². The summed E-state index contributed by atoms with van der Waals surface area (Å²) in [6.45, 7) is 7.33. The third-order valence-electron chi connectivity index (χ3n) is 2.53. The highest BCUT2D eigenvalue weighted by atomic mass is 35.5. The third-order valence-corrected chi connectivity index (χ3v) is 4.90. The maximum Gasteiger partial charge on any atom is 0.241 e. The Labute approximate surface area is 108 Å². The van der Waals surface area contributed by atoms with Crippen LogP contribution in [0.15, 0.2) is 23.1 Å². The first-order valence-corrected chi connectivity index (χ1v) is 7.37. The molecule has 0 saturated heterocycles. The number of aryl methyl sites for hydroxylation is 2. The molecule has 0 spiro atoms. The first-order chi connectivity index (χ1) is 7.68. The summed E-state index contributed by atoms with van der Waals surface area (Å²) >= 11 is 5.72. The normalized spacial score (nSPS) is 12.8. The Bertz CT molecular complexity index is 509. The largest absolute Gasteiger partial charge is 0.241 e. The minimum atomic E-state index is -3.50. The summed E-state index contributed by atoms with van der Waals surface area (Å²) in [5.41, 5.74) is 1.37. The van der Waals surface area contributed by atoms with Crippen molar-refractivity contribution in [2.24, 2.45) is 0 Å². The molecule has 1 aromatic rings. The summed E-state index contributed by atoms with van der Waals surface area (Å²) in [6, 6.07) is 5.08. The lowest BCUT2D eigenvalue weighted by Gasteiger charge is -2.23. The molecule has 1 rings (SSSR count). The number of alkyl halides is 1. The molecule has 0 amide bonds. The van der Waals surface area contributed by atoms with E-state index in [9.17, 15) is 8.42 Å². The molecule has 1 aromatic carbocycles. The van der Waals surface area contributed by atoms with Crippen LogP contribution in [0.5, 0.6) is 0 Å². The Morgan fingerprint density at radius 1 is 1.24 bits per heavy atom. The fourth-order valence-corrected chi connectivity index (χ4v) is 2.97. The van der Waals surface area contributed by atoms with Crippen molar-refractivity contribution in [3.63, 3.8) is 0 Å². The van der Waals surface area contributed by atoms with E-state index in [2.05, 4.69) is 4.72 Å². The van der Waals surface area contributed by atoms with E-state index in [1.807, 2.05) is 13.8 Å². The van der Waals surface area contributed by atoms with Crippen molar-refractivity contribution in [2.75, 3.05) is 5.88 Å². The van der Waals surface area contributed by atoms with E-state index in [4.69, 9.17) is 11.6 Å². The molecule has 1 N–H and O–H groups in total. The molecule has 0 saturated carbocycles. The predicted octanol–water partition coefficient (Wildman–Crippen LogP) is 2.60. The SMILES string of the molecule is Cc1ccc(S(=O)(=O)NC(C)(C)CCl)cc1C. The quantitative estimate of drug-likeness (QED) is 0.859. The van der Waals surface area contributed by atoms with Crippen LogP contribution in [0.1, 0.15) is 25.0 Å². The van der Waals surface area contributed by atoms with Crippen LogP contribution >= 0.6 is 11.6 Å². The second-order valence-electron chi connectivity index (χ2n) is 4.87. The van der Waals surface area contributed by atoms with E-state index in [0.717, 1.165) is 11.1 Å². The van der Waals surface area contributed by atoms with Crippen LogP contribution in [0.4, 0.5) is 0 Å². The third kappa shape index (κ3) is 3.69. The van der Waals surface area contributed by atoms with Crippen LogP contribution in [0.3, 0.4) is 0 Å². The smallest absolute Gasteiger partial charge is 0.207 e. The van der Waals surface area contributed by atoms with Crippen LogP contribution in [-0.2, 0) is 10.0 Å². The molecule has 0 aliphatic rings. The summed E-state index contributed by atoms with van der Waals surface area (Å²) in [5.74, 6) is 0.219. The van der Waals surface area contributed by atoms with Gasteiger partial charge in [-0.15, -0.1) is 11.6 Å². The number of nitrogens with one attached hydrogen (secondary N) is 1. The average molecular weight is 276 g/mol. The monoisotopic (exact) mass is 275 g/mol. The molecule has 17 heavy (non-hydrogen) atoms. The predicted molar refractivity (Wildman–Crippen MR) is 71.0 cm³/mol. The molecular weight excluding hydrogens is 258 g/mol. The second-order valence-corrected chi connectivity index (χ2v) is 6.82. The van der Waals surface area contributed by atoms with Gasteiger partial charge in [0.05, 0.1) is 4.90 Å². The zero-order valence-corrected chi connectivity index (χ0v) is 12.1. The van der Waals surface area contributed by atoms with Gasteiger partial charge < -0.3 is 0 Å². The molecular formula is C12H18ClNO2S. The Balaban J connectivity index is 3.10. The average Bonchev–Trinajstić information content (AvgIpc) is 2.20.